The van der Waals surface area contributed by atoms with Crippen molar-refractivity contribution in [2.75, 3.05) is 13.7 Å². The molecule has 2 aromatic rings. The fourth-order valence-electron chi connectivity index (χ4n) is 5.47. The van der Waals surface area contributed by atoms with Gasteiger partial charge < -0.3 is 18.9 Å². The number of carbonyl (C=O) groups excluding carboxylic acids is 1. The molecule has 8 heteroatoms. The minimum absolute atomic E-state index is 0.0286. The Morgan fingerprint density at radius 2 is 1.87 bits per heavy atom. The van der Waals surface area contributed by atoms with Crippen molar-refractivity contribution < 1.29 is 32.2 Å². The van der Waals surface area contributed by atoms with Crippen molar-refractivity contribution >= 4 is 15.8 Å². The number of carbonyl (C=O) groups is 1. The Balaban J connectivity index is 1.48. The predicted molar refractivity (Wildman–Crippen MR) is 149 cm³/mol. The summed E-state index contributed by atoms with van der Waals surface area (Å²) in [6.45, 7) is 6.19. The number of esters is 1. The van der Waals surface area contributed by atoms with Crippen molar-refractivity contribution in [1.29, 1.82) is 0 Å². The molecule has 5 atom stereocenters. The van der Waals surface area contributed by atoms with Gasteiger partial charge in [-0.25, -0.2) is 8.42 Å². The van der Waals surface area contributed by atoms with Crippen LogP contribution in [-0.2, 0) is 35.4 Å². The maximum atomic E-state index is 14.0. The molecular formula is C31H38O7S. The highest BCUT2D eigenvalue weighted by Crippen LogP contribution is 2.43. The fourth-order valence-corrected chi connectivity index (χ4v) is 7.61. The highest BCUT2D eigenvalue weighted by atomic mass is 32.2. The average Bonchev–Trinajstić information content (AvgIpc) is 3.25. The van der Waals surface area contributed by atoms with Crippen LogP contribution in [0.15, 0.2) is 84.3 Å². The van der Waals surface area contributed by atoms with E-state index in [4.69, 9.17) is 18.9 Å². The molecule has 1 saturated heterocycles. The lowest BCUT2D eigenvalue weighted by molar-refractivity contribution is -0.145. The SMILES string of the molecule is C=CC[C@@H]1C=CC[C@@H](C[C@@H](C)C[C@]2(S(=O)(=O)c3ccccc3)C[C@@H](COCc3ccc(OC)cc3)OC2=O)O1. The van der Waals surface area contributed by atoms with Crippen molar-refractivity contribution in [2.45, 2.75) is 73.6 Å². The van der Waals surface area contributed by atoms with Crippen LogP contribution in [0.5, 0.6) is 5.75 Å². The molecular weight excluding hydrogens is 516 g/mol. The highest BCUT2D eigenvalue weighted by Gasteiger charge is 2.59. The van der Waals surface area contributed by atoms with Gasteiger partial charge in [0.05, 0.1) is 37.4 Å². The number of rotatable bonds is 13. The zero-order valence-electron chi connectivity index (χ0n) is 22.7. The molecule has 7 nitrogen and oxygen atoms in total. The van der Waals surface area contributed by atoms with Crippen LogP contribution in [0.2, 0.25) is 0 Å². The summed E-state index contributed by atoms with van der Waals surface area (Å²) in [6.07, 6.45) is 7.53. The third-order valence-electron chi connectivity index (χ3n) is 7.36. The highest BCUT2D eigenvalue weighted by molar-refractivity contribution is 7.93. The summed E-state index contributed by atoms with van der Waals surface area (Å²) in [6, 6.07) is 15.7. The monoisotopic (exact) mass is 554 g/mol. The number of benzene rings is 2. The van der Waals surface area contributed by atoms with Crippen LogP contribution in [0.3, 0.4) is 0 Å². The molecule has 2 aromatic carbocycles. The van der Waals surface area contributed by atoms with E-state index < -0.39 is 26.7 Å². The van der Waals surface area contributed by atoms with E-state index in [9.17, 15) is 13.2 Å². The van der Waals surface area contributed by atoms with Gasteiger partial charge in [-0.2, -0.15) is 0 Å². The quantitative estimate of drug-likeness (QED) is 0.240. The van der Waals surface area contributed by atoms with Gasteiger partial charge in [0.2, 0.25) is 0 Å². The smallest absolute Gasteiger partial charge is 0.328 e. The molecule has 2 aliphatic rings. The molecule has 2 heterocycles. The Hall–Kier alpha value is -2.94. The summed E-state index contributed by atoms with van der Waals surface area (Å²) in [4.78, 5) is 13.6. The van der Waals surface area contributed by atoms with Gasteiger partial charge in [-0.3, -0.25) is 4.79 Å². The topological polar surface area (TPSA) is 88.1 Å². The molecule has 4 rings (SSSR count). The lowest BCUT2D eigenvalue weighted by Crippen LogP contribution is -2.45. The second-order valence-corrected chi connectivity index (χ2v) is 12.7. The molecule has 0 saturated carbocycles. The zero-order valence-corrected chi connectivity index (χ0v) is 23.5. The van der Waals surface area contributed by atoms with Crippen LogP contribution in [0.25, 0.3) is 0 Å². The van der Waals surface area contributed by atoms with E-state index in [0.717, 1.165) is 24.2 Å². The molecule has 0 amide bonds. The largest absolute Gasteiger partial charge is 0.497 e. The second-order valence-electron chi connectivity index (χ2n) is 10.4. The van der Waals surface area contributed by atoms with Gasteiger partial charge >= 0.3 is 5.97 Å². The van der Waals surface area contributed by atoms with Crippen molar-refractivity contribution in [3.63, 3.8) is 0 Å². The third kappa shape index (κ3) is 6.80. The molecule has 0 bridgehead atoms. The maximum Gasteiger partial charge on any atom is 0.328 e. The van der Waals surface area contributed by atoms with Crippen LogP contribution in [0.4, 0.5) is 0 Å². The summed E-state index contributed by atoms with van der Waals surface area (Å²) < 4.78 is 49.3. The second kappa shape index (κ2) is 12.9. The molecule has 2 aliphatic heterocycles. The van der Waals surface area contributed by atoms with Gasteiger partial charge in [0.25, 0.3) is 0 Å². The lowest BCUT2D eigenvalue weighted by atomic mass is 9.87. The molecule has 39 heavy (non-hydrogen) atoms. The molecule has 0 unspecified atom stereocenters. The number of methoxy groups -OCH3 is 1. The lowest BCUT2D eigenvalue weighted by Gasteiger charge is -2.31. The van der Waals surface area contributed by atoms with Crippen LogP contribution in [-0.4, -0.2) is 51.2 Å². The summed E-state index contributed by atoms with van der Waals surface area (Å²) in [7, 11) is -2.43. The Bertz CT molecular complexity index is 1240. The first kappa shape index (κ1) is 29.1. The van der Waals surface area contributed by atoms with Crippen LogP contribution in [0, 0.1) is 5.92 Å². The molecule has 0 N–H and O–H groups in total. The summed E-state index contributed by atoms with van der Waals surface area (Å²) in [5.41, 5.74) is 0.938. The average molecular weight is 555 g/mol. The van der Waals surface area contributed by atoms with E-state index >= 15 is 0 Å². The van der Waals surface area contributed by atoms with Gasteiger partial charge in [-0.1, -0.05) is 55.5 Å². The molecule has 0 aliphatic carbocycles. The normalized spacial score (nSPS) is 25.7. The van der Waals surface area contributed by atoms with Gasteiger partial charge in [0.15, 0.2) is 14.6 Å². The molecule has 0 spiro atoms. The number of cyclic esters (lactones) is 1. The number of hydrogen-bond donors (Lipinski definition) is 0. The molecule has 210 valence electrons. The van der Waals surface area contributed by atoms with Gasteiger partial charge in [-0.05, 0) is 61.4 Å². The molecule has 1 fully saturated rings. The van der Waals surface area contributed by atoms with E-state index in [0.29, 0.717) is 13.0 Å². The van der Waals surface area contributed by atoms with Crippen LogP contribution in [0.1, 0.15) is 44.6 Å². The summed E-state index contributed by atoms with van der Waals surface area (Å²) in [5.74, 6) is -0.0551. The Morgan fingerprint density at radius 1 is 1.13 bits per heavy atom. The van der Waals surface area contributed by atoms with E-state index in [2.05, 4.69) is 12.7 Å². The Morgan fingerprint density at radius 3 is 2.56 bits per heavy atom. The first-order valence-corrected chi connectivity index (χ1v) is 14.9. The van der Waals surface area contributed by atoms with E-state index in [1.54, 1.807) is 25.3 Å². The van der Waals surface area contributed by atoms with Crippen molar-refractivity contribution in [3.05, 3.63) is 85.0 Å². The van der Waals surface area contributed by atoms with Crippen molar-refractivity contribution in [3.8, 4) is 5.75 Å². The standard InChI is InChI=1S/C31H38O7S/c1-4-9-26-10-8-11-27(37-26)18-23(2)19-31(39(33,34)29-12-6-5-7-13-29)20-28(38-30(31)32)22-36-21-24-14-16-25(35-3)17-15-24/h4-8,10,12-17,23,26-28H,1,9,11,18-22H2,2-3H3/t23-,26-,27+,28+,31+/m1/s1. The maximum absolute atomic E-state index is 14.0. The van der Waals surface area contributed by atoms with Crippen LogP contribution >= 0.6 is 0 Å². The number of sulfone groups is 1. The van der Waals surface area contributed by atoms with Crippen LogP contribution < -0.4 is 4.74 Å². The predicted octanol–water partition coefficient (Wildman–Crippen LogP) is 5.45. The fraction of sp³-hybridized carbons (Fsp3) is 0.452. The van der Waals surface area contributed by atoms with Crippen molar-refractivity contribution in [2.24, 2.45) is 5.92 Å². The molecule has 0 radical (unpaired) electrons. The van der Waals surface area contributed by atoms with E-state index in [-0.39, 0.29) is 42.5 Å². The first-order valence-electron chi connectivity index (χ1n) is 13.4. The van der Waals surface area contributed by atoms with Gasteiger partial charge in [0, 0.05) is 6.42 Å². The Labute approximate surface area is 231 Å². The van der Waals surface area contributed by atoms with Gasteiger partial charge in [0.1, 0.15) is 11.9 Å². The van der Waals surface area contributed by atoms with Gasteiger partial charge in [-0.15, -0.1) is 6.58 Å². The summed E-state index contributed by atoms with van der Waals surface area (Å²) >= 11 is 0. The first-order chi connectivity index (χ1) is 18.8. The number of ether oxygens (including phenoxy) is 4. The Kier molecular flexibility index (Phi) is 9.64. The minimum atomic E-state index is -4.03. The zero-order chi connectivity index (χ0) is 27.9. The van der Waals surface area contributed by atoms with E-state index in [1.165, 1.54) is 12.1 Å². The summed E-state index contributed by atoms with van der Waals surface area (Å²) in [5, 5.41) is 0. The third-order valence-corrected chi connectivity index (χ3v) is 9.78. The van der Waals surface area contributed by atoms with E-state index in [1.807, 2.05) is 43.3 Å². The minimum Gasteiger partial charge on any atom is -0.497 e. The molecule has 0 aromatic heterocycles. The van der Waals surface area contributed by atoms with Crippen molar-refractivity contribution in [1.82, 2.24) is 0 Å². The number of hydrogen-bond acceptors (Lipinski definition) is 7.